The number of rotatable bonds is 12. The number of benzene rings is 3. The van der Waals surface area contributed by atoms with Crippen molar-refractivity contribution < 1.29 is 14.6 Å². The number of carbonyl (C=O) groups is 1. The normalized spacial score (nSPS) is 12.8. The van der Waals surface area contributed by atoms with Crippen molar-refractivity contribution in [2.75, 3.05) is 28.7 Å². The van der Waals surface area contributed by atoms with Crippen molar-refractivity contribution in [1.29, 1.82) is 0 Å². The van der Waals surface area contributed by atoms with Crippen molar-refractivity contribution in [3.05, 3.63) is 107 Å². The summed E-state index contributed by atoms with van der Waals surface area (Å²) < 4.78 is 8.91. The highest BCUT2D eigenvalue weighted by Gasteiger charge is 2.25. The molecular weight excluding hydrogens is 695 g/mol. The number of aromatic nitrogens is 6. The molecule has 0 saturated carbocycles. The zero-order valence-electron chi connectivity index (χ0n) is 28.7. The molecule has 1 aliphatic rings. The van der Waals surface area contributed by atoms with E-state index in [4.69, 9.17) is 9.72 Å². The van der Waals surface area contributed by atoms with Crippen molar-refractivity contribution in [2.45, 2.75) is 52.3 Å². The molecule has 0 atom stereocenters. The number of nitrogens with zero attached hydrogens (tertiary/aromatic N) is 7. The number of thiazole rings is 2. The summed E-state index contributed by atoms with van der Waals surface area (Å²) in [6.07, 6.45) is 5.63. The van der Waals surface area contributed by atoms with Gasteiger partial charge in [0.05, 0.1) is 46.4 Å². The van der Waals surface area contributed by atoms with Crippen LogP contribution in [0, 0.1) is 0 Å². The Bertz CT molecular complexity index is 2330. The molecule has 0 aliphatic carbocycles. The second-order valence-corrected chi connectivity index (χ2v) is 14.9. The number of aliphatic hydroxyl groups excluding tert-OH is 1. The highest BCUT2D eigenvalue weighted by atomic mass is 32.1. The first-order valence-electron chi connectivity index (χ1n) is 17.2. The van der Waals surface area contributed by atoms with Crippen molar-refractivity contribution >= 4 is 65.9 Å². The third kappa shape index (κ3) is 6.92. The van der Waals surface area contributed by atoms with Crippen LogP contribution in [0.2, 0.25) is 0 Å². The number of aryl methyl sites for hydroxylation is 1. The molecule has 3 N–H and O–H groups in total. The first kappa shape index (κ1) is 33.7. The fourth-order valence-electron chi connectivity index (χ4n) is 6.40. The third-order valence-corrected chi connectivity index (χ3v) is 11.1. The van der Waals surface area contributed by atoms with Gasteiger partial charge in [-0.3, -0.25) is 10.1 Å². The van der Waals surface area contributed by atoms with Crippen molar-refractivity contribution in [2.24, 2.45) is 0 Å². The summed E-state index contributed by atoms with van der Waals surface area (Å²) in [5.74, 6) is 1.36. The van der Waals surface area contributed by atoms with E-state index < -0.39 is 0 Å². The summed E-state index contributed by atoms with van der Waals surface area (Å²) >= 11 is 3.07. The number of aliphatic hydroxyl groups is 1. The summed E-state index contributed by atoms with van der Waals surface area (Å²) in [6, 6.07) is 21.8. The second kappa shape index (κ2) is 14.7. The first-order valence-corrected chi connectivity index (χ1v) is 18.9. The molecule has 0 spiro atoms. The van der Waals surface area contributed by atoms with Gasteiger partial charge in [0.15, 0.2) is 15.9 Å². The molecule has 1 aliphatic heterocycles. The van der Waals surface area contributed by atoms with E-state index in [2.05, 4.69) is 55.5 Å². The molecule has 0 bridgehead atoms. The number of anilines is 3. The predicted molar refractivity (Wildman–Crippen MR) is 206 cm³/mol. The van der Waals surface area contributed by atoms with E-state index in [9.17, 15) is 9.90 Å². The van der Waals surface area contributed by atoms with Crippen LogP contribution in [0.4, 0.5) is 16.1 Å². The summed E-state index contributed by atoms with van der Waals surface area (Å²) in [6.45, 7) is 5.87. The Morgan fingerprint density at radius 2 is 1.88 bits per heavy atom. The molecule has 264 valence electrons. The molecule has 52 heavy (non-hydrogen) atoms. The van der Waals surface area contributed by atoms with Crippen molar-refractivity contribution in [1.82, 2.24) is 29.7 Å². The molecule has 1 amide bonds. The van der Waals surface area contributed by atoms with Crippen LogP contribution in [0.3, 0.4) is 0 Å². The van der Waals surface area contributed by atoms with Gasteiger partial charge in [0, 0.05) is 29.6 Å². The van der Waals surface area contributed by atoms with Crippen LogP contribution in [0.1, 0.15) is 52.3 Å². The topological polar surface area (TPSA) is 143 Å². The van der Waals surface area contributed by atoms with Gasteiger partial charge in [0.25, 0.3) is 5.91 Å². The fraction of sp³-hybridized carbons (Fsp3) is 0.263. The van der Waals surface area contributed by atoms with Gasteiger partial charge in [-0.25, -0.2) is 24.6 Å². The molecule has 0 fully saturated rings. The van der Waals surface area contributed by atoms with Crippen LogP contribution in [0.15, 0.2) is 79.3 Å². The largest absolute Gasteiger partial charge is 0.494 e. The smallest absolute Gasteiger partial charge is 0.257 e. The average Bonchev–Trinajstić information content (AvgIpc) is 3.90. The van der Waals surface area contributed by atoms with E-state index in [1.165, 1.54) is 11.3 Å². The molecule has 4 aromatic heterocycles. The number of amides is 1. The maximum atomic E-state index is 13.5. The molecule has 3 aromatic carbocycles. The Morgan fingerprint density at radius 1 is 1.02 bits per heavy atom. The van der Waals surface area contributed by atoms with E-state index in [1.54, 1.807) is 28.5 Å². The molecule has 12 nitrogen and oxygen atoms in total. The number of carbonyl (C=O) groups excluding carboxylic acids is 1. The van der Waals surface area contributed by atoms with Gasteiger partial charge in [0.1, 0.15) is 17.9 Å². The average molecular weight is 732 g/mol. The van der Waals surface area contributed by atoms with Gasteiger partial charge < -0.3 is 20.1 Å². The molecule has 7 aromatic rings. The predicted octanol–water partition coefficient (Wildman–Crippen LogP) is 7.02. The maximum Gasteiger partial charge on any atom is 0.257 e. The van der Waals surface area contributed by atoms with E-state index in [-0.39, 0.29) is 18.6 Å². The van der Waals surface area contributed by atoms with Gasteiger partial charge in [0.2, 0.25) is 0 Å². The molecule has 8 rings (SSSR count). The van der Waals surface area contributed by atoms with Gasteiger partial charge in [-0.15, -0.1) is 11.3 Å². The highest BCUT2D eigenvalue weighted by Crippen LogP contribution is 2.33. The Hall–Kier alpha value is -5.44. The van der Waals surface area contributed by atoms with E-state index in [1.807, 2.05) is 60.7 Å². The lowest BCUT2D eigenvalue weighted by Gasteiger charge is -2.29. The maximum absolute atomic E-state index is 13.5. The Kier molecular flexibility index (Phi) is 9.50. The molecular formula is C38H37N9O3S2. The minimum absolute atomic E-state index is 0.129. The number of nitrogens with one attached hydrogen (secondary N) is 2. The van der Waals surface area contributed by atoms with Crippen molar-refractivity contribution in [3.8, 4) is 11.4 Å². The summed E-state index contributed by atoms with van der Waals surface area (Å²) in [5.41, 5.74) is 5.98. The molecule has 0 saturated heterocycles. The van der Waals surface area contributed by atoms with Crippen LogP contribution in [0.5, 0.6) is 5.75 Å². The van der Waals surface area contributed by atoms with E-state index in [0.717, 1.165) is 85.4 Å². The number of hydrogen-bond acceptors (Lipinski definition) is 12. The van der Waals surface area contributed by atoms with Gasteiger partial charge in [-0.05, 0) is 86.7 Å². The SMILES string of the molecule is CC(C)Nc1ncnc2c1cnn2-c1ccc(OCCCc2sc(N3CCc4cccc(C(=O)Nc5nc6ccccc6s5)c4C3)nc2CO)cc1. The standard InChI is InChI=1S/C38H37N9O3S2/c1-23(2)42-34-28-19-41-47(35(28)40-22-39-34)25-12-14-26(15-13-25)50-18-6-11-33-31(21-48)44-38(52-33)46-17-16-24-7-5-8-27(29(24)20-46)36(49)45-37-43-30-9-3-4-10-32(30)51-37/h3-5,7-10,12-15,19,22-23,48H,6,11,16-18,20-21H2,1-2H3,(H,39,40,42)(H,43,45,49). The third-order valence-electron chi connectivity index (χ3n) is 8.91. The Balaban J connectivity index is 0.890. The van der Waals surface area contributed by atoms with Gasteiger partial charge in [-0.2, -0.15) is 5.10 Å². The van der Waals surface area contributed by atoms with Crippen LogP contribution >= 0.6 is 22.7 Å². The minimum Gasteiger partial charge on any atom is -0.494 e. The highest BCUT2D eigenvalue weighted by molar-refractivity contribution is 7.22. The van der Waals surface area contributed by atoms with Gasteiger partial charge in [-0.1, -0.05) is 35.6 Å². The summed E-state index contributed by atoms with van der Waals surface area (Å²) in [7, 11) is 0. The first-order chi connectivity index (χ1) is 25.4. The molecule has 5 heterocycles. The number of para-hydroxylation sites is 1. The molecule has 0 radical (unpaired) electrons. The lowest BCUT2D eigenvalue weighted by atomic mass is 9.94. The van der Waals surface area contributed by atoms with Crippen LogP contribution in [-0.2, 0) is 26.0 Å². The van der Waals surface area contributed by atoms with Crippen LogP contribution in [0.25, 0.3) is 26.9 Å². The molecule has 0 unspecified atom stereocenters. The summed E-state index contributed by atoms with van der Waals surface area (Å²) in [5, 5.41) is 23.4. The minimum atomic E-state index is -0.166. The number of ether oxygens (including phenoxy) is 1. The van der Waals surface area contributed by atoms with E-state index in [0.29, 0.717) is 29.5 Å². The lowest BCUT2D eigenvalue weighted by Crippen LogP contribution is -2.32. The number of hydrogen-bond donors (Lipinski definition) is 3. The van der Waals surface area contributed by atoms with E-state index >= 15 is 0 Å². The fourth-order valence-corrected chi connectivity index (χ4v) is 8.40. The second-order valence-electron chi connectivity index (χ2n) is 12.8. The zero-order valence-corrected chi connectivity index (χ0v) is 30.4. The quantitative estimate of drug-likeness (QED) is 0.112. The zero-order chi connectivity index (χ0) is 35.6. The monoisotopic (exact) mass is 731 g/mol. The number of fused-ring (bicyclic) bond motifs is 3. The molecule has 14 heteroatoms. The van der Waals surface area contributed by atoms with Gasteiger partial charge >= 0.3 is 0 Å². The lowest BCUT2D eigenvalue weighted by molar-refractivity contribution is 0.102. The van der Waals surface area contributed by atoms with Crippen molar-refractivity contribution in [3.63, 3.8) is 0 Å². The van der Waals surface area contributed by atoms with Crippen LogP contribution in [-0.4, -0.2) is 59.9 Å². The Labute approximate surface area is 308 Å². The Morgan fingerprint density at radius 3 is 2.71 bits per heavy atom. The van der Waals surface area contributed by atoms with Crippen LogP contribution < -0.4 is 20.3 Å². The summed E-state index contributed by atoms with van der Waals surface area (Å²) in [4.78, 5) is 35.0.